The van der Waals surface area contributed by atoms with Crippen molar-refractivity contribution < 1.29 is 43.3 Å². The number of carbonyl (C=O) groups excluding carboxylic acids is 6. The fourth-order valence-corrected chi connectivity index (χ4v) is 8.58. The average Bonchev–Trinajstić information content (AvgIpc) is 3.29. The zero-order valence-electron chi connectivity index (χ0n) is 41.3. The first kappa shape index (κ1) is 62.1. The molecule has 65 heavy (non-hydrogen) atoms. The Kier molecular flexibility index (Phi) is 44.1. The van der Waals surface area contributed by atoms with Crippen LogP contribution < -0.4 is 27.0 Å². The summed E-state index contributed by atoms with van der Waals surface area (Å²) in [5.74, 6) is -1.94. The van der Waals surface area contributed by atoms with Gasteiger partial charge in [-0.1, -0.05) is 174 Å². The van der Waals surface area contributed by atoms with Crippen LogP contribution in [0.4, 0.5) is 0 Å². The molecule has 3 unspecified atom stereocenters. The lowest BCUT2D eigenvalue weighted by Crippen LogP contribution is -2.54. The van der Waals surface area contributed by atoms with Gasteiger partial charge in [0.2, 0.25) is 23.6 Å². The van der Waals surface area contributed by atoms with Gasteiger partial charge in [-0.2, -0.15) is 11.8 Å². The van der Waals surface area contributed by atoms with Crippen LogP contribution >= 0.6 is 11.8 Å². The number of nitrogens with two attached hydrogens (primary N) is 1. The second-order valence-corrected chi connectivity index (χ2v) is 18.8. The first-order valence-electron chi connectivity index (χ1n) is 25.9. The van der Waals surface area contributed by atoms with E-state index in [1.807, 2.05) is 0 Å². The molecule has 14 nitrogen and oxygen atoms in total. The molecular weight excluding hydrogens is 847 g/mol. The monoisotopic (exact) mass is 942 g/mol. The summed E-state index contributed by atoms with van der Waals surface area (Å²) in [5, 5.41) is 20.6. The Balaban J connectivity index is 4.82. The number of aliphatic hydroxyl groups excluding tert-OH is 1. The summed E-state index contributed by atoms with van der Waals surface area (Å²) >= 11 is 1.37. The summed E-state index contributed by atoms with van der Waals surface area (Å²) in [5.41, 5.74) is 5.03. The maximum Gasteiger partial charge on any atom is 0.306 e. The molecule has 0 spiro atoms. The lowest BCUT2D eigenvalue weighted by atomic mass is 10.0. The van der Waals surface area contributed by atoms with Gasteiger partial charge >= 0.3 is 11.9 Å². The number of rotatable bonds is 48. The van der Waals surface area contributed by atoms with Crippen molar-refractivity contribution in [2.75, 3.05) is 44.9 Å². The van der Waals surface area contributed by atoms with Crippen molar-refractivity contribution in [2.24, 2.45) is 5.73 Å². The van der Waals surface area contributed by atoms with Gasteiger partial charge in [0.1, 0.15) is 18.8 Å². The van der Waals surface area contributed by atoms with Crippen molar-refractivity contribution in [3.8, 4) is 0 Å². The predicted molar refractivity (Wildman–Crippen MR) is 264 cm³/mol. The molecule has 0 bridgehead atoms. The highest BCUT2D eigenvalue weighted by Crippen LogP contribution is 2.16. The molecule has 0 aliphatic heterocycles. The Labute approximate surface area is 398 Å². The molecule has 0 saturated carbocycles. The van der Waals surface area contributed by atoms with E-state index in [4.69, 9.17) is 15.2 Å². The molecule has 4 amide bonds. The molecule has 15 heteroatoms. The van der Waals surface area contributed by atoms with E-state index in [1.165, 1.54) is 140 Å². The minimum Gasteiger partial charge on any atom is -0.462 e. The van der Waals surface area contributed by atoms with Crippen molar-refractivity contribution in [1.82, 2.24) is 21.3 Å². The summed E-state index contributed by atoms with van der Waals surface area (Å²) in [6, 6.07) is -1.88. The Hall–Kier alpha value is -2.91. The SMILES string of the molecule is CCCCCCCCCCCCCCCC(=O)OCC(CSCC(NC)C(=O)NC(CO)C(=O)NCCCCCC(=O)NCC(N)=O)OC(=O)CCCCCCCCCCCCCCC. The van der Waals surface area contributed by atoms with Gasteiger partial charge < -0.3 is 41.6 Å². The third kappa shape index (κ3) is 41.0. The normalized spacial score (nSPS) is 12.6. The van der Waals surface area contributed by atoms with E-state index < -0.39 is 42.5 Å². The first-order valence-corrected chi connectivity index (χ1v) is 27.1. The number of carbonyl (C=O) groups is 6. The molecule has 0 rings (SSSR count). The number of amides is 4. The molecule has 0 fully saturated rings. The molecule has 380 valence electrons. The van der Waals surface area contributed by atoms with E-state index in [0.717, 1.165) is 38.5 Å². The number of hydrogen-bond donors (Lipinski definition) is 6. The zero-order valence-corrected chi connectivity index (χ0v) is 42.1. The van der Waals surface area contributed by atoms with Crippen LogP contribution in [-0.4, -0.2) is 104 Å². The third-order valence-electron chi connectivity index (χ3n) is 11.6. The maximum atomic E-state index is 13.2. The Morgan fingerprint density at radius 2 is 0.985 bits per heavy atom. The molecule has 0 heterocycles. The van der Waals surface area contributed by atoms with E-state index in [9.17, 15) is 33.9 Å². The second kappa shape index (κ2) is 46.2. The minimum atomic E-state index is -1.16. The quantitative estimate of drug-likeness (QED) is 0.0251. The predicted octanol–water partition coefficient (Wildman–Crippen LogP) is 8.48. The van der Waals surface area contributed by atoms with Gasteiger partial charge in [-0.25, -0.2) is 0 Å². The number of aliphatic hydroxyl groups is 1. The summed E-state index contributed by atoms with van der Waals surface area (Å²) in [6.07, 6.45) is 33.6. The molecule has 0 radical (unpaired) electrons. The van der Waals surface area contributed by atoms with Crippen LogP contribution in [0.15, 0.2) is 0 Å². The highest BCUT2D eigenvalue weighted by Gasteiger charge is 2.25. The van der Waals surface area contributed by atoms with Crippen molar-refractivity contribution >= 4 is 47.3 Å². The standard InChI is InChI=1S/C50H95N5O9S/c1-4-6-8-10-12-14-16-18-20-22-24-26-30-34-47(59)63-39-42(64-48(60)35-31-27-25-23-21-19-17-15-13-11-9-7-5-2)40-65-41-44(52-3)50(62)55-43(38-56)49(61)53-36-32-28-29-33-46(58)54-37-45(51)57/h42-44,52,56H,4-41H2,1-3H3,(H2,51,57)(H,53,61)(H,54,58)(H,55,62). The molecule has 0 aromatic rings. The van der Waals surface area contributed by atoms with E-state index in [0.29, 0.717) is 44.4 Å². The smallest absolute Gasteiger partial charge is 0.306 e. The molecular formula is C50H95N5O9S. The van der Waals surface area contributed by atoms with E-state index in [1.54, 1.807) is 7.05 Å². The number of primary amides is 1. The van der Waals surface area contributed by atoms with Crippen LogP contribution in [0.2, 0.25) is 0 Å². The fraction of sp³-hybridized carbons (Fsp3) is 0.880. The molecule has 0 saturated heterocycles. The molecule has 3 atom stereocenters. The Bertz CT molecular complexity index is 1210. The number of ether oxygens (including phenoxy) is 2. The number of esters is 2. The van der Waals surface area contributed by atoms with Crippen LogP contribution in [0, 0.1) is 0 Å². The minimum absolute atomic E-state index is 0.0553. The van der Waals surface area contributed by atoms with Gasteiger partial charge in [0, 0.05) is 37.3 Å². The summed E-state index contributed by atoms with van der Waals surface area (Å²) in [7, 11) is 1.62. The molecule has 0 aliphatic rings. The van der Waals surface area contributed by atoms with E-state index in [2.05, 4.69) is 35.1 Å². The molecule has 0 aromatic heterocycles. The zero-order chi connectivity index (χ0) is 48.0. The van der Waals surface area contributed by atoms with E-state index in [-0.39, 0.29) is 43.2 Å². The van der Waals surface area contributed by atoms with Crippen molar-refractivity contribution in [3.05, 3.63) is 0 Å². The summed E-state index contributed by atoms with van der Waals surface area (Å²) in [6.45, 7) is 3.93. The molecule has 0 aromatic carbocycles. The Morgan fingerprint density at radius 1 is 0.538 bits per heavy atom. The third-order valence-corrected chi connectivity index (χ3v) is 12.8. The second-order valence-electron chi connectivity index (χ2n) is 17.7. The van der Waals surface area contributed by atoms with Gasteiger partial charge in [-0.15, -0.1) is 0 Å². The number of thioether (sulfide) groups is 1. The van der Waals surface area contributed by atoms with Crippen LogP contribution in [0.5, 0.6) is 0 Å². The van der Waals surface area contributed by atoms with Crippen LogP contribution in [-0.2, 0) is 38.2 Å². The lowest BCUT2D eigenvalue weighted by Gasteiger charge is -2.22. The van der Waals surface area contributed by atoms with Crippen LogP contribution in [0.1, 0.15) is 219 Å². The number of hydrogen-bond acceptors (Lipinski definition) is 11. The molecule has 7 N–H and O–H groups in total. The van der Waals surface area contributed by atoms with Crippen molar-refractivity contribution in [3.63, 3.8) is 0 Å². The highest BCUT2D eigenvalue weighted by atomic mass is 32.2. The maximum absolute atomic E-state index is 13.2. The van der Waals surface area contributed by atoms with Gasteiger partial charge in [0.05, 0.1) is 19.2 Å². The van der Waals surface area contributed by atoms with Crippen molar-refractivity contribution in [1.29, 1.82) is 0 Å². The van der Waals surface area contributed by atoms with Gasteiger partial charge in [-0.3, -0.25) is 28.8 Å². The highest BCUT2D eigenvalue weighted by molar-refractivity contribution is 7.99. The van der Waals surface area contributed by atoms with Gasteiger partial charge in [0.15, 0.2) is 0 Å². The molecule has 0 aliphatic carbocycles. The average molecular weight is 942 g/mol. The summed E-state index contributed by atoms with van der Waals surface area (Å²) < 4.78 is 11.4. The number of nitrogens with one attached hydrogen (secondary N) is 4. The lowest BCUT2D eigenvalue weighted by molar-refractivity contribution is -0.157. The van der Waals surface area contributed by atoms with E-state index >= 15 is 0 Å². The van der Waals surface area contributed by atoms with Crippen molar-refractivity contribution in [2.45, 2.75) is 238 Å². The topological polar surface area (TPSA) is 215 Å². The number of likely N-dealkylation sites (N-methyl/N-ethyl adjacent to an activating group) is 1. The van der Waals surface area contributed by atoms with Gasteiger partial charge in [0.25, 0.3) is 0 Å². The Morgan fingerprint density at radius 3 is 1.45 bits per heavy atom. The van der Waals surface area contributed by atoms with Crippen LogP contribution in [0.25, 0.3) is 0 Å². The first-order chi connectivity index (χ1) is 31.6. The van der Waals surface area contributed by atoms with Crippen LogP contribution in [0.3, 0.4) is 0 Å². The fourth-order valence-electron chi connectivity index (χ4n) is 7.46. The number of unbranched alkanes of at least 4 members (excludes halogenated alkanes) is 26. The summed E-state index contributed by atoms with van der Waals surface area (Å²) in [4.78, 5) is 74.0. The van der Waals surface area contributed by atoms with Gasteiger partial charge in [-0.05, 0) is 32.7 Å². The largest absolute Gasteiger partial charge is 0.462 e.